The van der Waals surface area contributed by atoms with Crippen LogP contribution in [-0.4, -0.2) is 47.3 Å². The quantitative estimate of drug-likeness (QED) is 0.335. The number of likely N-dealkylation sites (tertiary alicyclic amines) is 1. The second-order valence-corrected chi connectivity index (χ2v) is 7.36. The summed E-state index contributed by atoms with van der Waals surface area (Å²) in [5.74, 6) is 1.09. The Morgan fingerprint density at radius 2 is 2.04 bits per heavy atom. The van der Waals surface area contributed by atoms with Crippen LogP contribution in [0.15, 0.2) is 11.1 Å². The molecule has 1 N–H and O–H groups in total. The molecule has 1 aliphatic heterocycles. The zero-order chi connectivity index (χ0) is 16.3. The minimum absolute atomic E-state index is 0. The van der Waals surface area contributed by atoms with E-state index in [4.69, 9.17) is 0 Å². The van der Waals surface area contributed by atoms with Crippen LogP contribution in [0.25, 0.3) is 0 Å². The smallest absolute Gasteiger partial charge is 0.193 e. The first kappa shape index (κ1) is 19.5. The first-order chi connectivity index (χ1) is 11.1. The van der Waals surface area contributed by atoms with Gasteiger partial charge in [0.25, 0.3) is 0 Å². The lowest BCUT2D eigenvalue weighted by molar-refractivity contribution is 0.309. The minimum Gasteiger partial charge on any atom is -0.356 e. The molecule has 1 spiro atoms. The van der Waals surface area contributed by atoms with Crippen LogP contribution in [0.3, 0.4) is 0 Å². The van der Waals surface area contributed by atoms with Gasteiger partial charge in [-0.3, -0.25) is 9.67 Å². The van der Waals surface area contributed by atoms with Crippen molar-refractivity contribution in [3.05, 3.63) is 17.5 Å². The van der Waals surface area contributed by atoms with Gasteiger partial charge in [0.15, 0.2) is 5.96 Å². The molecule has 0 aromatic carbocycles. The third-order valence-electron chi connectivity index (χ3n) is 5.55. The summed E-state index contributed by atoms with van der Waals surface area (Å²) in [6.07, 6.45) is 8.08. The van der Waals surface area contributed by atoms with Crippen LogP contribution < -0.4 is 5.32 Å². The Balaban J connectivity index is 0.00000208. The van der Waals surface area contributed by atoms with Crippen molar-refractivity contribution in [1.29, 1.82) is 0 Å². The molecule has 1 aromatic heterocycles. The fraction of sp³-hybridized carbons (Fsp3) is 0.778. The predicted octanol–water partition coefficient (Wildman–Crippen LogP) is 3.35. The van der Waals surface area contributed by atoms with E-state index in [0.717, 1.165) is 37.7 Å². The highest BCUT2D eigenvalue weighted by molar-refractivity contribution is 14.0. The number of guanidine groups is 1. The third-order valence-corrected chi connectivity index (χ3v) is 5.55. The summed E-state index contributed by atoms with van der Waals surface area (Å²) in [7, 11) is 1.91. The number of aryl methyl sites for hydroxylation is 3. The van der Waals surface area contributed by atoms with Crippen LogP contribution in [0, 0.1) is 19.3 Å². The van der Waals surface area contributed by atoms with Crippen molar-refractivity contribution in [3.8, 4) is 0 Å². The maximum absolute atomic E-state index is 4.52. The lowest BCUT2D eigenvalue weighted by Crippen LogP contribution is -2.41. The highest BCUT2D eigenvalue weighted by Gasteiger charge is 2.40. The molecule has 6 heteroatoms. The Morgan fingerprint density at radius 3 is 2.67 bits per heavy atom. The molecule has 136 valence electrons. The van der Waals surface area contributed by atoms with Gasteiger partial charge in [0, 0.05) is 38.9 Å². The second kappa shape index (κ2) is 8.54. The Bertz CT molecular complexity index is 560. The number of hydrogen-bond donors (Lipinski definition) is 1. The molecule has 0 amide bonds. The van der Waals surface area contributed by atoms with E-state index in [2.05, 4.69) is 44.9 Å². The fourth-order valence-corrected chi connectivity index (χ4v) is 4.31. The zero-order valence-corrected chi connectivity index (χ0v) is 17.7. The third kappa shape index (κ3) is 4.43. The Hall–Kier alpha value is -0.790. The Labute approximate surface area is 163 Å². The fourth-order valence-electron chi connectivity index (χ4n) is 4.31. The van der Waals surface area contributed by atoms with Crippen LogP contribution in [0.2, 0.25) is 0 Å². The molecule has 0 radical (unpaired) electrons. The molecule has 2 heterocycles. The van der Waals surface area contributed by atoms with Crippen molar-refractivity contribution < 1.29 is 0 Å². The highest BCUT2D eigenvalue weighted by atomic mass is 127. The number of nitrogens with one attached hydrogen (secondary N) is 1. The summed E-state index contributed by atoms with van der Waals surface area (Å²) in [6.45, 7) is 8.46. The molecular formula is C18H32IN5. The molecule has 2 aliphatic rings. The van der Waals surface area contributed by atoms with Gasteiger partial charge in [0.05, 0.1) is 5.69 Å². The highest BCUT2D eigenvalue weighted by Crippen LogP contribution is 2.45. The van der Waals surface area contributed by atoms with Crippen LogP contribution in [0.4, 0.5) is 0 Å². The molecule has 0 unspecified atom stereocenters. The lowest BCUT2D eigenvalue weighted by atomic mass is 9.86. The Morgan fingerprint density at radius 1 is 1.29 bits per heavy atom. The van der Waals surface area contributed by atoms with Crippen molar-refractivity contribution in [3.63, 3.8) is 0 Å². The van der Waals surface area contributed by atoms with Crippen molar-refractivity contribution in [2.75, 3.05) is 26.7 Å². The van der Waals surface area contributed by atoms with Gasteiger partial charge in [-0.1, -0.05) is 12.8 Å². The van der Waals surface area contributed by atoms with Gasteiger partial charge in [-0.05, 0) is 51.0 Å². The van der Waals surface area contributed by atoms with Gasteiger partial charge in [-0.25, -0.2) is 0 Å². The number of aromatic nitrogens is 2. The van der Waals surface area contributed by atoms with Gasteiger partial charge in [0.1, 0.15) is 0 Å². The lowest BCUT2D eigenvalue weighted by Gasteiger charge is -2.26. The first-order valence-electron chi connectivity index (χ1n) is 9.09. The summed E-state index contributed by atoms with van der Waals surface area (Å²) >= 11 is 0. The van der Waals surface area contributed by atoms with Crippen LogP contribution >= 0.6 is 24.0 Å². The van der Waals surface area contributed by atoms with E-state index in [0.29, 0.717) is 5.41 Å². The molecule has 5 nitrogen and oxygen atoms in total. The average molecular weight is 445 g/mol. The SMILES string of the molecule is CN=C(NCCCn1nc(C)cc1C)N1CCC2(CCCC2)C1.I. The molecule has 24 heavy (non-hydrogen) atoms. The van der Waals surface area contributed by atoms with Gasteiger partial charge in [-0.2, -0.15) is 5.10 Å². The Kier molecular flexibility index (Phi) is 6.95. The summed E-state index contributed by atoms with van der Waals surface area (Å²) in [5.41, 5.74) is 2.95. The van der Waals surface area contributed by atoms with Crippen LogP contribution in [-0.2, 0) is 6.54 Å². The number of halogens is 1. The normalized spacial score (nSPS) is 19.8. The predicted molar refractivity (Wildman–Crippen MR) is 110 cm³/mol. The zero-order valence-electron chi connectivity index (χ0n) is 15.3. The van der Waals surface area contributed by atoms with E-state index in [1.165, 1.54) is 44.3 Å². The number of aliphatic imine (C=N–C) groups is 1. The molecule has 2 fully saturated rings. The minimum atomic E-state index is 0. The molecule has 0 atom stereocenters. The maximum atomic E-state index is 4.52. The monoisotopic (exact) mass is 445 g/mol. The van der Waals surface area contributed by atoms with Crippen LogP contribution in [0.5, 0.6) is 0 Å². The molecular weight excluding hydrogens is 413 g/mol. The number of hydrogen-bond acceptors (Lipinski definition) is 2. The van der Waals surface area contributed by atoms with Crippen molar-refractivity contribution in [1.82, 2.24) is 20.0 Å². The summed E-state index contributed by atoms with van der Waals surface area (Å²) in [5, 5.41) is 8.07. The van der Waals surface area contributed by atoms with Gasteiger partial charge < -0.3 is 10.2 Å². The van der Waals surface area contributed by atoms with Gasteiger partial charge >= 0.3 is 0 Å². The number of rotatable bonds is 4. The number of nitrogens with zero attached hydrogens (tertiary/aromatic N) is 4. The molecule has 1 saturated carbocycles. The molecule has 0 bridgehead atoms. The van der Waals surface area contributed by atoms with E-state index in [1.807, 2.05) is 7.05 Å². The van der Waals surface area contributed by atoms with E-state index in [1.54, 1.807) is 0 Å². The molecule has 1 aromatic rings. The van der Waals surface area contributed by atoms with E-state index < -0.39 is 0 Å². The van der Waals surface area contributed by atoms with E-state index in [9.17, 15) is 0 Å². The van der Waals surface area contributed by atoms with Gasteiger partial charge in [-0.15, -0.1) is 24.0 Å². The summed E-state index contributed by atoms with van der Waals surface area (Å²) < 4.78 is 2.10. The first-order valence-corrected chi connectivity index (χ1v) is 9.09. The summed E-state index contributed by atoms with van der Waals surface area (Å²) in [6, 6.07) is 2.14. The molecule has 3 rings (SSSR count). The van der Waals surface area contributed by atoms with Gasteiger partial charge in [0.2, 0.25) is 0 Å². The van der Waals surface area contributed by atoms with Crippen molar-refractivity contribution >= 4 is 29.9 Å². The van der Waals surface area contributed by atoms with E-state index >= 15 is 0 Å². The topological polar surface area (TPSA) is 45.5 Å². The summed E-state index contributed by atoms with van der Waals surface area (Å²) in [4.78, 5) is 6.97. The standard InChI is InChI=1S/C18H31N5.HI/c1-15-13-16(2)23(21-15)11-6-10-20-17(19-3)22-12-9-18(14-22)7-4-5-8-18;/h13H,4-12,14H2,1-3H3,(H,19,20);1H. The van der Waals surface area contributed by atoms with Crippen molar-refractivity contribution in [2.45, 2.75) is 58.9 Å². The maximum Gasteiger partial charge on any atom is 0.193 e. The van der Waals surface area contributed by atoms with Crippen molar-refractivity contribution in [2.24, 2.45) is 10.4 Å². The molecule has 1 saturated heterocycles. The van der Waals surface area contributed by atoms with E-state index in [-0.39, 0.29) is 24.0 Å². The second-order valence-electron chi connectivity index (χ2n) is 7.36. The molecule has 1 aliphatic carbocycles. The largest absolute Gasteiger partial charge is 0.356 e. The van der Waals surface area contributed by atoms with Crippen LogP contribution in [0.1, 0.15) is 49.9 Å². The average Bonchev–Trinajstić information content (AvgIpc) is 3.23.